The second kappa shape index (κ2) is 8.29. The molecule has 1 unspecified atom stereocenters. The molecule has 6 heteroatoms. The first-order valence-corrected chi connectivity index (χ1v) is 6.30. The van der Waals surface area contributed by atoms with Crippen molar-refractivity contribution in [2.24, 2.45) is 0 Å². The van der Waals surface area contributed by atoms with Crippen LogP contribution in [0.15, 0.2) is 41.1 Å². The first kappa shape index (κ1) is 16.1. The minimum atomic E-state index is -0.462. The molecule has 0 spiro atoms. The lowest BCUT2D eigenvalue weighted by molar-refractivity contribution is -0.00751. The second-order valence-corrected chi connectivity index (χ2v) is 4.29. The predicted octanol–water partition coefficient (Wildman–Crippen LogP) is 0.619. The van der Waals surface area contributed by atoms with Gasteiger partial charge in [0.15, 0.2) is 0 Å². The van der Waals surface area contributed by atoms with Gasteiger partial charge in [0.1, 0.15) is 0 Å². The molecule has 110 valence electrons. The van der Waals surface area contributed by atoms with E-state index in [4.69, 9.17) is 9.47 Å². The van der Waals surface area contributed by atoms with Crippen LogP contribution in [0.1, 0.15) is 5.56 Å². The predicted molar refractivity (Wildman–Crippen MR) is 77.0 cm³/mol. The van der Waals surface area contributed by atoms with Gasteiger partial charge in [0.2, 0.25) is 0 Å². The Morgan fingerprint density at radius 2 is 2.05 bits per heavy atom. The number of H-pyrrole nitrogens is 1. The first-order valence-electron chi connectivity index (χ1n) is 6.30. The van der Waals surface area contributed by atoms with Gasteiger partial charge in [0.25, 0.3) is 5.56 Å². The largest absolute Gasteiger partial charge is 0.375 e. The fourth-order valence-electron chi connectivity index (χ4n) is 1.61. The fraction of sp³-hybridized carbons (Fsp3) is 0.429. The van der Waals surface area contributed by atoms with E-state index >= 15 is 0 Å². The van der Waals surface area contributed by atoms with Crippen LogP contribution in [-0.2, 0) is 16.0 Å². The smallest absolute Gasteiger partial charge is 0.328 e. The third-order valence-corrected chi connectivity index (χ3v) is 2.58. The molecule has 0 aromatic carbocycles. The number of hydrogen-bond acceptors (Lipinski definition) is 4. The summed E-state index contributed by atoms with van der Waals surface area (Å²) in [7, 11) is 0. The maximum Gasteiger partial charge on any atom is 0.328 e. The topological polar surface area (TPSA) is 73.3 Å². The van der Waals surface area contributed by atoms with E-state index < -0.39 is 5.69 Å². The molecule has 0 radical (unpaired) electrons. The van der Waals surface area contributed by atoms with E-state index in [9.17, 15) is 9.59 Å². The third-order valence-electron chi connectivity index (χ3n) is 2.58. The molecule has 20 heavy (non-hydrogen) atoms. The summed E-state index contributed by atoms with van der Waals surface area (Å²) in [4.78, 5) is 25.3. The molecule has 0 bridgehead atoms. The highest BCUT2D eigenvalue weighted by Gasteiger charge is 2.12. The molecule has 1 atom stereocenters. The Bertz CT molecular complexity index is 559. The lowest BCUT2D eigenvalue weighted by atomic mass is 10.3. The standard InChI is InChI=1S/C14H20N2O4/c1-4-6-19-10-12(20-7-5-2)9-16-8-11(3)13(17)15-14(16)18/h4-5,8,12H,1-2,6-7,9-10H2,3H3,(H,15,17,18). The van der Waals surface area contributed by atoms with Crippen molar-refractivity contribution in [2.45, 2.75) is 19.6 Å². The average Bonchev–Trinajstić information content (AvgIpc) is 2.42. The Hall–Kier alpha value is -1.92. The van der Waals surface area contributed by atoms with Crippen LogP contribution < -0.4 is 11.2 Å². The van der Waals surface area contributed by atoms with E-state index in [-0.39, 0.29) is 11.7 Å². The number of ether oxygens (including phenoxy) is 2. The Morgan fingerprint density at radius 1 is 1.35 bits per heavy atom. The number of aromatic amines is 1. The summed E-state index contributed by atoms with van der Waals surface area (Å²) >= 11 is 0. The van der Waals surface area contributed by atoms with Crippen molar-refractivity contribution in [3.63, 3.8) is 0 Å². The summed E-state index contributed by atoms with van der Waals surface area (Å²) in [6.45, 7) is 10.2. The average molecular weight is 280 g/mol. The van der Waals surface area contributed by atoms with Gasteiger partial charge in [-0.25, -0.2) is 4.79 Å². The molecule has 0 saturated heterocycles. The van der Waals surface area contributed by atoms with Crippen LogP contribution in [0.5, 0.6) is 0 Å². The van der Waals surface area contributed by atoms with Crippen molar-refractivity contribution in [1.82, 2.24) is 9.55 Å². The maximum absolute atomic E-state index is 11.7. The number of hydrogen-bond donors (Lipinski definition) is 1. The van der Waals surface area contributed by atoms with Crippen LogP contribution in [-0.4, -0.2) is 35.5 Å². The number of aryl methyl sites for hydroxylation is 1. The van der Waals surface area contributed by atoms with Gasteiger partial charge < -0.3 is 9.47 Å². The highest BCUT2D eigenvalue weighted by Crippen LogP contribution is 1.98. The minimum absolute atomic E-state index is 0.293. The number of aromatic nitrogens is 2. The SMILES string of the molecule is C=CCOCC(Cn1cc(C)c(=O)[nH]c1=O)OCC=C. The van der Waals surface area contributed by atoms with E-state index in [1.165, 1.54) is 10.8 Å². The van der Waals surface area contributed by atoms with Crippen molar-refractivity contribution in [1.29, 1.82) is 0 Å². The van der Waals surface area contributed by atoms with Gasteiger partial charge >= 0.3 is 5.69 Å². The molecule has 0 saturated carbocycles. The van der Waals surface area contributed by atoms with Gasteiger partial charge in [0.05, 0.1) is 32.5 Å². The quantitative estimate of drug-likeness (QED) is 0.531. The highest BCUT2D eigenvalue weighted by atomic mass is 16.5. The van der Waals surface area contributed by atoms with Gasteiger partial charge in [0, 0.05) is 11.8 Å². The van der Waals surface area contributed by atoms with Crippen LogP contribution in [0.4, 0.5) is 0 Å². The molecular formula is C14H20N2O4. The summed E-state index contributed by atoms with van der Waals surface area (Å²) in [5.74, 6) is 0. The molecule has 0 fully saturated rings. The lowest BCUT2D eigenvalue weighted by Crippen LogP contribution is -2.36. The zero-order valence-electron chi connectivity index (χ0n) is 11.6. The molecule has 1 N–H and O–H groups in total. The summed E-state index contributed by atoms with van der Waals surface area (Å²) in [5, 5.41) is 0. The van der Waals surface area contributed by atoms with E-state index in [1.54, 1.807) is 19.1 Å². The molecule has 1 rings (SSSR count). The normalized spacial score (nSPS) is 12.1. The molecule has 0 aliphatic carbocycles. The molecule has 0 aliphatic rings. The summed E-state index contributed by atoms with van der Waals surface area (Å²) in [6.07, 6.45) is 4.47. The molecular weight excluding hydrogens is 260 g/mol. The van der Waals surface area contributed by atoms with Gasteiger partial charge in [-0.15, -0.1) is 13.2 Å². The monoisotopic (exact) mass is 280 g/mol. The number of rotatable bonds is 9. The Balaban J connectivity index is 2.79. The zero-order chi connectivity index (χ0) is 15.0. The van der Waals surface area contributed by atoms with Crippen LogP contribution in [0.25, 0.3) is 0 Å². The summed E-state index contributed by atoms with van der Waals surface area (Å²) in [6, 6.07) is 0. The van der Waals surface area contributed by atoms with E-state index in [0.717, 1.165) is 0 Å². The minimum Gasteiger partial charge on any atom is -0.375 e. The van der Waals surface area contributed by atoms with E-state index in [1.807, 2.05) is 0 Å². The summed E-state index contributed by atoms with van der Waals surface area (Å²) < 4.78 is 12.3. The lowest BCUT2D eigenvalue weighted by Gasteiger charge is -2.18. The molecule has 6 nitrogen and oxygen atoms in total. The van der Waals surface area contributed by atoms with E-state index in [0.29, 0.717) is 31.9 Å². The number of nitrogens with one attached hydrogen (secondary N) is 1. The fourth-order valence-corrected chi connectivity index (χ4v) is 1.61. The number of nitrogens with zero attached hydrogens (tertiary/aromatic N) is 1. The van der Waals surface area contributed by atoms with Gasteiger partial charge in [-0.05, 0) is 6.92 Å². The van der Waals surface area contributed by atoms with Crippen LogP contribution in [0.2, 0.25) is 0 Å². The van der Waals surface area contributed by atoms with Gasteiger partial charge in [-0.3, -0.25) is 14.3 Å². The highest BCUT2D eigenvalue weighted by molar-refractivity contribution is 5.00. The van der Waals surface area contributed by atoms with E-state index in [2.05, 4.69) is 18.1 Å². The van der Waals surface area contributed by atoms with Crippen molar-refractivity contribution >= 4 is 0 Å². The first-order chi connectivity index (χ1) is 9.58. The van der Waals surface area contributed by atoms with Gasteiger partial charge in [-0.1, -0.05) is 12.2 Å². The third kappa shape index (κ3) is 4.99. The Morgan fingerprint density at radius 3 is 2.70 bits per heavy atom. The Labute approximate surface area is 117 Å². The second-order valence-electron chi connectivity index (χ2n) is 4.29. The van der Waals surface area contributed by atoms with Gasteiger partial charge in [-0.2, -0.15) is 0 Å². The van der Waals surface area contributed by atoms with Crippen molar-refractivity contribution in [3.05, 3.63) is 57.9 Å². The molecule has 1 aromatic rings. The summed E-state index contributed by atoms with van der Waals surface area (Å²) in [5.41, 5.74) is -0.367. The molecule has 1 aromatic heterocycles. The molecule has 1 heterocycles. The van der Waals surface area contributed by atoms with Crippen molar-refractivity contribution in [3.8, 4) is 0 Å². The van der Waals surface area contributed by atoms with Crippen molar-refractivity contribution in [2.75, 3.05) is 19.8 Å². The van der Waals surface area contributed by atoms with Crippen LogP contribution in [0.3, 0.4) is 0 Å². The Kier molecular flexibility index (Phi) is 6.69. The molecule has 0 amide bonds. The molecule has 0 aliphatic heterocycles. The van der Waals surface area contributed by atoms with Crippen LogP contribution in [0, 0.1) is 6.92 Å². The van der Waals surface area contributed by atoms with Crippen LogP contribution >= 0.6 is 0 Å². The van der Waals surface area contributed by atoms with Crippen molar-refractivity contribution < 1.29 is 9.47 Å². The maximum atomic E-state index is 11.7. The zero-order valence-corrected chi connectivity index (χ0v) is 11.6.